The quantitative estimate of drug-likeness (QED) is 0.747. The van der Waals surface area contributed by atoms with Crippen LogP contribution in [0, 0.1) is 12.7 Å². The number of rotatable bonds is 2. The zero-order valence-corrected chi connectivity index (χ0v) is 12.0. The molecule has 0 saturated heterocycles. The molecule has 0 fully saturated rings. The fraction of sp³-hybridized carbons (Fsp3) is 0.0769. The van der Waals surface area contributed by atoms with Gasteiger partial charge in [-0.25, -0.2) is 9.37 Å². The molecule has 20 heavy (non-hydrogen) atoms. The predicted octanol–water partition coefficient (Wildman–Crippen LogP) is 4.12. The Morgan fingerprint density at radius 1 is 1.30 bits per heavy atom. The number of benzene rings is 1. The molecule has 0 aliphatic carbocycles. The van der Waals surface area contributed by atoms with E-state index in [2.05, 4.69) is 15.3 Å². The molecule has 1 aromatic carbocycles. The molecule has 0 bridgehead atoms. The third kappa shape index (κ3) is 2.39. The number of aryl methyl sites for hydroxylation is 1. The highest BCUT2D eigenvalue weighted by atomic mass is 35.5. The highest BCUT2D eigenvalue weighted by Crippen LogP contribution is 2.31. The summed E-state index contributed by atoms with van der Waals surface area (Å²) in [7, 11) is 0. The van der Waals surface area contributed by atoms with Crippen LogP contribution in [-0.2, 0) is 0 Å². The monoisotopic (exact) mass is 308 g/mol. The third-order valence-electron chi connectivity index (χ3n) is 2.72. The summed E-state index contributed by atoms with van der Waals surface area (Å²) in [6.45, 7) is 1.99. The number of aromatic nitrogens is 2. The number of fused-ring (bicyclic) bond motifs is 1. The largest absolute Gasteiger partial charge is 0.368 e. The van der Waals surface area contributed by atoms with Gasteiger partial charge >= 0.3 is 0 Å². The SMILES string of the molecule is Cc1cc2c(Nc3ccc(F)c(Cl)c3)nc(N)nc2s1. The van der Waals surface area contributed by atoms with Gasteiger partial charge in [-0.15, -0.1) is 11.3 Å². The first kappa shape index (κ1) is 13.1. The molecule has 0 aliphatic heterocycles. The second-order valence-corrected chi connectivity index (χ2v) is 5.90. The summed E-state index contributed by atoms with van der Waals surface area (Å²) in [6, 6.07) is 6.36. The van der Waals surface area contributed by atoms with E-state index >= 15 is 0 Å². The van der Waals surface area contributed by atoms with Crippen molar-refractivity contribution in [1.82, 2.24) is 9.97 Å². The van der Waals surface area contributed by atoms with Crippen LogP contribution in [0.2, 0.25) is 5.02 Å². The van der Waals surface area contributed by atoms with Crippen molar-refractivity contribution in [1.29, 1.82) is 0 Å². The van der Waals surface area contributed by atoms with Crippen LogP contribution >= 0.6 is 22.9 Å². The van der Waals surface area contributed by atoms with Crippen molar-refractivity contribution in [2.75, 3.05) is 11.1 Å². The van der Waals surface area contributed by atoms with E-state index in [-0.39, 0.29) is 11.0 Å². The molecule has 2 aromatic heterocycles. The van der Waals surface area contributed by atoms with Gasteiger partial charge in [-0.2, -0.15) is 4.98 Å². The molecule has 0 amide bonds. The minimum atomic E-state index is -0.462. The molecule has 2 heterocycles. The number of halogens is 2. The number of thiophene rings is 1. The first-order valence-corrected chi connectivity index (χ1v) is 6.98. The standard InChI is InChI=1S/C13H10ClFN4S/c1-6-4-8-11(18-13(16)19-12(8)20-6)17-7-2-3-10(15)9(14)5-7/h2-5H,1H3,(H3,16,17,18,19). The van der Waals surface area contributed by atoms with Crippen LogP contribution in [-0.4, -0.2) is 9.97 Å². The Kier molecular flexibility index (Phi) is 3.19. The zero-order chi connectivity index (χ0) is 14.3. The van der Waals surface area contributed by atoms with Gasteiger partial charge in [0.05, 0.1) is 10.4 Å². The first-order valence-electron chi connectivity index (χ1n) is 5.78. The van der Waals surface area contributed by atoms with E-state index in [0.717, 1.165) is 15.1 Å². The van der Waals surface area contributed by atoms with Crippen molar-refractivity contribution in [3.05, 3.63) is 40.0 Å². The summed E-state index contributed by atoms with van der Waals surface area (Å²) < 4.78 is 13.2. The Balaban J connectivity index is 2.07. The van der Waals surface area contributed by atoms with Crippen LogP contribution < -0.4 is 11.1 Å². The Labute approximate surface area is 123 Å². The third-order valence-corrected chi connectivity index (χ3v) is 3.95. The van der Waals surface area contributed by atoms with Gasteiger partial charge in [0.2, 0.25) is 5.95 Å². The predicted molar refractivity (Wildman–Crippen MR) is 81.3 cm³/mol. The van der Waals surface area contributed by atoms with Gasteiger partial charge < -0.3 is 11.1 Å². The molecule has 0 radical (unpaired) electrons. The van der Waals surface area contributed by atoms with Crippen molar-refractivity contribution in [2.24, 2.45) is 0 Å². The van der Waals surface area contributed by atoms with Gasteiger partial charge in [-0.05, 0) is 31.2 Å². The van der Waals surface area contributed by atoms with E-state index in [1.54, 1.807) is 6.07 Å². The molecule has 4 nitrogen and oxygen atoms in total. The van der Waals surface area contributed by atoms with Crippen LogP contribution in [0.3, 0.4) is 0 Å². The lowest BCUT2D eigenvalue weighted by molar-refractivity contribution is 0.628. The van der Waals surface area contributed by atoms with Gasteiger partial charge in [0.15, 0.2) is 0 Å². The van der Waals surface area contributed by atoms with Gasteiger partial charge in [-0.3, -0.25) is 0 Å². The summed E-state index contributed by atoms with van der Waals surface area (Å²) in [6.07, 6.45) is 0. The Hall–Kier alpha value is -1.92. The lowest BCUT2D eigenvalue weighted by Gasteiger charge is -2.08. The zero-order valence-electron chi connectivity index (χ0n) is 10.4. The molecule has 3 N–H and O–H groups in total. The van der Waals surface area contributed by atoms with E-state index in [0.29, 0.717) is 11.5 Å². The normalized spacial score (nSPS) is 10.9. The second kappa shape index (κ2) is 4.88. The maximum Gasteiger partial charge on any atom is 0.223 e. The van der Waals surface area contributed by atoms with Crippen molar-refractivity contribution < 1.29 is 4.39 Å². The highest BCUT2D eigenvalue weighted by molar-refractivity contribution is 7.18. The van der Waals surface area contributed by atoms with E-state index < -0.39 is 5.82 Å². The summed E-state index contributed by atoms with van der Waals surface area (Å²) in [5.74, 6) is 0.311. The van der Waals surface area contributed by atoms with Crippen LogP contribution in [0.15, 0.2) is 24.3 Å². The fourth-order valence-electron chi connectivity index (χ4n) is 1.86. The highest BCUT2D eigenvalue weighted by Gasteiger charge is 2.10. The minimum Gasteiger partial charge on any atom is -0.368 e. The van der Waals surface area contributed by atoms with Crippen LogP contribution in [0.4, 0.5) is 21.8 Å². The van der Waals surface area contributed by atoms with Gasteiger partial charge in [-0.1, -0.05) is 11.6 Å². The number of nitrogens with one attached hydrogen (secondary N) is 1. The molecule has 0 aliphatic rings. The molecule has 102 valence electrons. The number of anilines is 3. The summed E-state index contributed by atoms with van der Waals surface area (Å²) in [4.78, 5) is 10.3. The first-order chi connectivity index (χ1) is 9.52. The average Bonchev–Trinajstić information content (AvgIpc) is 2.74. The summed E-state index contributed by atoms with van der Waals surface area (Å²) in [5.41, 5.74) is 6.34. The molecular formula is C13H10ClFN4S. The maximum atomic E-state index is 13.2. The van der Waals surface area contributed by atoms with Crippen molar-refractivity contribution in [3.63, 3.8) is 0 Å². The molecule has 3 rings (SSSR count). The van der Waals surface area contributed by atoms with Gasteiger partial charge in [0, 0.05) is 10.6 Å². The number of nitrogen functional groups attached to an aromatic ring is 1. The van der Waals surface area contributed by atoms with E-state index in [1.807, 2.05) is 13.0 Å². The van der Waals surface area contributed by atoms with E-state index in [1.165, 1.54) is 23.5 Å². The van der Waals surface area contributed by atoms with E-state index in [9.17, 15) is 4.39 Å². The van der Waals surface area contributed by atoms with Gasteiger partial charge in [0.25, 0.3) is 0 Å². The van der Waals surface area contributed by atoms with E-state index in [4.69, 9.17) is 17.3 Å². The number of nitrogens with two attached hydrogens (primary N) is 1. The van der Waals surface area contributed by atoms with Crippen molar-refractivity contribution in [2.45, 2.75) is 6.92 Å². The topological polar surface area (TPSA) is 63.8 Å². The number of nitrogens with zero attached hydrogens (tertiary/aromatic N) is 2. The molecule has 0 unspecified atom stereocenters. The van der Waals surface area contributed by atoms with Crippen LogP contribution in [0.25, 0.3) is 10.2 Å². The Morgan fingerprint density at radius 3 is 2.85 bits per heavy atom. The van der Waals surface area contributed by atoms with Crippen LogP contribution in [0.1, 0.15) is 4.88 Å². The fourth-order valence-corrected chi connectivity index (χ4v) is 2.93. The van der Waals surface area contributed by atoms with Crippen LogP contribution in [0.5, 0.6) is 0 Å². The molecular weight excluding hydrogens is 299 g/mol. The summed E-state index contributed by atoms with van der Waals surface area (Å²) >= 11 is 7.30. The maximum absolute atomic E-state index is 13.2. The average molecular weight is 309 g/mol. The van der Waals surface area contributed by atoms with Gasteiger partial charge in [0.1, 0.15) is 16.5 Å². The van der Waals surface area contributed by atoms with Crippen molar-refractivity contribution >= 4 is 50.6 Å². The minimum absolute atomic E-state index is 0.0507. The molecule has 7 heteroatoms. The molecule has 3 aromatic rings. The van der Waals surface area contributed by atoms with Crippen molar-refractivity contribution in [3.8, 4) is 0 Å². The second-order valence-electron chi connectivity index (χ2n) is 4.26. The smallest absolute Gasteiger partial charge is 0.223 e. The lowest BCUT2D eigenvalue weighted by Crippen LogP contribution is -2.00. The molecule has 0 atom stereocenters. The molecule has 0 spiro atoms. The Bertz CT molecular complexity index is 802. The summed E-state index contributed by atoms with van der Waals surface area (Å²) in [5, 5.41) is 4.02. The molecule has 0 saturated carbocycles. The number of hydrogen-bond donors (Lipinski definition) is 2. The number of hydrogen-bond acceptors (Lipinski definition) is 5. The lowest BCUT2D eigenvalue weighted by atomic mass is 10.3. The Morgan fingerprint density at radius 2 is 2.10 bits per heavy atom.